The van der Waals surface area contributed by atoms with Crippen molar-refractivity contribution < 1.29 is 4.79 Å². The fraction of sp³-hybridized carbons (Fsp3) is 0.444. The van der Waals surface area contributed by atoms with Crippen LogP contribution in [0.2, 0.25) is 0 Å². The molecule has 1 aromatic carbocycles. The Morgan fingerprint density at radius 3 is 2.52 bits per heavy atom. The summed E-state index contributed by atoms with van der Waals surface area (Å²) in [6.45, 7) is 10.9. The van der Waals surface area contributed by atoms with Crippen LogP contribution in [-0.2, 0) is 13.1 Å². The second-order valence-corrected chi connectivity index (χ2v) is 6.96. The summed E-state index contributed by atoms with van der Waals surface area (Å²) in [6, 6.07) is 8.38. The maximum atomic E-state index is 12.2. The summed E-state index contributed by atoms with van der Waals surface area (Å²) in [7, 11) is 0. The quantitative estimate of drug-likeness (QED) is 0.843. The Labute approximate surface area is 142 Å². The van der Waals surface area contributed by atoms with Gasteiger partial charge in [0.2, 0.25) is 0 Å². The van der Waals surface area contributed by atoms with E-state index in [1.165, 1.54) is 5.56 Å². The molecule has 4 nitrogen and oxygen atoms in total. The molecule has 1 N–H and O–H groups in total. The van der Waals surface area contributed by atoms with E-state index in [2.05, 4.69) is 36.0 Å². The molecule has 5 heteroatoms. The van der Waals surface area contributed by atoms with Crippen LogP contribution < -0.4 is 5.32 Å². The normalized spacial score (nSPS) is 11.2. The molecule has 0 aliphatic heterocycles. The van der Waals surface area contributed by atoms with Crippen molar-refractivity contribution in [2.45, 2.75) is 46.8 Å². The molecule has 1 amide bonds. The molecule has 0 unspecified atom stereocenters. The van der Waals surface area contributed by atoms with E-state index in [-0.39, 0.29) is 5.91 Å². The van der Waals surface area contributed by atoms with Crippen LogP contribution in [0.5, 0.6) is 0 Å². The number of nitrogens with zero attached hydrogens (tertiary/aromatic N) is 2. The fourth-order valence-corrected chi connectivity index (χ4v) is 3.03. The summed E-state index contributed by atoms with van der Waals surface area (Å²) < 4.78 is 0. The zero-order chi connectivity index (χ0) is 16.8. The Morgan fingerprint density at radius 2 is 2.00 bits per heavy atom. The highest BCUT2D eigenvalue weighted by molar-refractivity contribution is 7.09. The minimum Gasteiger partial charge on any atom is -0.346 e. The summed E-state index contributed by atoms with van der Waals surface area (Å²) in [4.78, 5) is 18.9. The first-order chi connectivity index (χ1) is 11.0. The molecule has 0 aliphatic rings. The van der Waals surface area contributed by atoms with E-state index in [4.69, 9.17) is 0 Å². The molecule has 0 spiro atoms. The van der Waals surface area contributed by atoms with Crippen LogP contribution in [-0.4, -0.2) is 28.4 Å². The summed E-state index contributed by atoms with van der Waals surface area (Å²) in [5.41, 5.74) is 2.83. The lowest BCUT2D eigenvalue weighted by Gasteiger charge is -2.24. The van der Waals surface area contributed by atoms with Gasteiger partial charge in [-0.3, -0.25) is 9.69 Å². The van der Waals surface area contributed by atoms with Gasteiger partial charge in [0.1, 0.15) is 0 Å². The van der Waals surface area contributed by atoms with Crippen LogP contribution in [0.25, 0.3) is 0 Å². The number of aromatic nitrogens is 1. The Balaban J connectivity index is 1.91. The van der Waals surface area contributed by atoms with Gasteiger partial charge in [-0.2, -0.15) is 0 Å². The van der Waals surface area contributed by atoms with Gasteiger partial charge in [0.15, 0.2) is 0 Å². The second kappa shape index (κ2) is 8.22. The first-order valence-electron chi connectivity index (χ1n) is 8.01. The van der Waals surface area contributed by atoms with Crippen molar-refractivity contribution in [2.24, 2.45) is 0 Å². The van der Waals surface area contributed by atoms with Crippen LogP contribution in [0.4, 0.5) is 0 Å². The lowest BCUT2D eigenvalue weighted by Crippen LogP contribution is -2.30. The highest BCUT2D eigenvalue weighted by Gasteiger charge is 2.09. The Hall–Kier alpha value is -1.72. The van der Waals surface area contributed by atoms with E-state index >= 15 is 0 Å². The van der Waals surface area contributed by atoms with Crippen LogP contribution in [0.15, 0.2) is 29.6 Å². The van der Waals surface area contributed by atoms with Gasteiger partial charge >= 0.3 is 0 Å². The Kier molecular flexibility index (Phi) is 6.30. The van der Waals surface area contributed by atoms with E-state index in [1.54, 1.807) is 11.3 Å². The molecule has 0 radical (unpaired) electrons. The van der Waals surface area contributed by atoms with Gasteiger partial charge in [-0.1, -0.05) is 19.1 Å². The number of nitrogens with one attached hydrogen (secondary N) is 1. The van der Waals surface area contributed by atoms with Crippen LogP contribution in [0.3, 0.4) is 0 Å². The molecule has 0 saturated heterocycles. The second-order valence-electron chi connectivity index (χ2n) is 5.89. The number of carbonyl (C=O) groups excluding carboxylic acids is 1. The van der Waals surface area contributed by atoms with Gasteiger partial charge in [0.05, 0.1) is 17.2 Å². The van der Waals surface area contributed by atoms with Gasteiger partial charge in [-0.25, -0.2) is 4.98 Å². The van der Waals surface area contributed by atoms with E-state index in [0.717, 1.165) is 23.8 Å². The smallest absolute Gasteiger partial charge is 0.251 e. The zero-order valence-corrected chi connectivity index (χ0v) is 15.1. The molecule has 2 aromatic rings. The summed E-state index contributed by atoms with van der Waals surface area (Å²) in [5, 5.41) is 5.91. The predicted molar refractivity (Wildman–Crippen MR) is 95.7 cm³/mol. The minimum absolute atomic E-state index is 0.0570. The maximum absolute atomic E-state index is 12.2. The van der Waals surface area contributed by atoms with E-state index in [1.807, 2.05) is 36.6 Å². The lowest BCUT2D eigenvalue weighted by atomic mass is 10.1. The van der Waals surface area contributed by atoms with Crippen molar-refractivity contribution in [3.8, 4) is 0 Å². The van der Waals surface area contributed by atoms with Gasteiger partial charge in [0, 0.05) is 23.5 Å². The molecule has 0 aliphatic carbocycles. The lowest BCUT2D eigenvalue weighted by molar-refractivity contribution is 0.0950. The zero-order valence-electron chi connectivity index (χ0n) is 14.3. The number of amides is 1. The highest BCUT2D eigenvalue weighted by Crippen LogP contribution is 2.11. The third-order valence-electron chi connectivity index (χ3n) is 3.83. The van der Waals surface area contributed by atoms with Gasteiger partial charge in [-0.15, -0.1) is 11.3 Å². The predicted octanol–water partition coefficient (Wildman–Crippen LogP) is 3.61. The minimum atomic E-state index is -0.0570. The SMILES string of the molecule is CCN(Cc1ccc(C(=O)NCc2csc(C)n2)cc1)C(C)C. The van der Waals surface area contributed by atoms with Crippen LogP contribution >= 0.6 is 11.3 Å². The fourth-order valence-electron chi connectivity index (χ4n) is 2.42. The molecule has 0 saturated carbocycles. The maximum Gasteiger partial charge on any atom is 0.251 e. The Morgan fingerprint density at radius 1 is 1.30 bits per heavy atom. The number of hydrogen-bond acceptors (Lipinski definition) is 4. The number of rotatable bonds is 7. The van der Waals surface area contributed by atoms with E-state index in [9.17, 15) is 4.79 Å². The molecule has 1 heterocycles. The monoisotopic (exact) mass is 331 g/mol. The third-order valence-corrected chi connectivity index (χ3v) is 4.66. The van der Waals surface area contributed by atoms with Crippen molar-refractivity contribution in [2.75, 3.05) is 6.54 Å². The highest BCUT2D eigenvalue weighted by atomic mass is 32.1. The van der Waals surface area contributed by atoms with Gasteiger partial charge in [-0.05, 0) is 45.0 Å². The average molecular weight is 331 g/mol. The average Bonchev–Trinajstić information content (AvgIpc) is 2.96. The van der Waals surface area contributed by atoms with Crippen LogP contribution in [0, 0.1) is 6.92 Å². The molecular weight excluding hydrogens is 306 g/mol. The first kappa shape index (κ1) is 17.6. The van der Waals surface area contributed by atoms with E-state index in [0.29, 0.717) is 18.2 Å². The summed E-state index contributed by atoms with van der Waals surface area (Å²) in [5.74, 6) is -0.0570. The number of hydrogen-bond donors (Lipinski definition) is 1. The molecule has 0 atom stereocenters. The first-order valence-corrected chi connectivity index (χ1v) is 8.89. The summed E-state index contributed by atoms with van der Waals surface area (Å²) in [6.07, 6.45) is 0. The topological polar surface area (TPSA) is 45.2 Å². The molecule has 124 valence electrons. The van der Waals surface area contributed by atoms with Crippen molar-refractivity contribution in [3.63, 3.8) is 0 Å². The standard InChI is InChI=1S/C18H25N3OS/c1-5-21(13(2)3)11-15-6-8-16(9-7-15)18(22)19-10-17-12-23-14(4)20-17/h6-9,12-13H,5,10-11H2,1-4H3,(H,19,22). The summed E-state index contributed by atoms with van der Waals surface area (Å²) >= 11 is 1.60. The van der Waals surface area contributed by atoms with Crippen molar-refractivity contribution in [1.82, 2.24) is 15.2 Å². The number of aryl methyl sites for hydroxylation is 1. The largest absolute Gasteiger partial charge is 0.346 e. The van der Waals surface area contributed by atoms with Gasteiger partial charge < -0.3 is 5.32 Å². The van der Waals surface area contributed by atoms with Crippen molar-refractivity contribution >= 4 is 17.2 Å². The third kappa shape index (κ3) is 5.15. The Bertz CT molecular complexity index is 634. The molecule has 1 aromatic heterocycles. The van der Waals surface area contributed by atoms with Crippen molar-refractivity contribution in [1.29, 1.82) is 0 Å². The number of benzene rings is 1. The molecule has 2 rings (SSSR count). The van der Waals surface area contributed by atoms with Crippen molar-refractivity contribution in [3.05, 3.63) is 51.5 Å². The molecular formula is C18H25N3OS. The molecule has 23 heavy (non-hydrogen) atoms. The molecule has 0 bridgehead atoms. The molecule has 0 fully saturated rings. The number of thiazole rings is 1. The van der Waals surface area contributed by atoms with Crippen LogP contribution in [0.1, 0.15) is 47.4 Å². The van der Waals surface area contributed by atoms with E-state index < -0.39 is 0 Å². The van der Waals surface area contributed by atoms with Gasteiger partial charge in [0.25, 0.3) is 5.91 Å². The number of carbonyl (C=O) groups is 1.